The van der Waals surface area contributed by atoms with Crippen molar-refractivity contribution in [3.63, 3.8) is 0 Å². The van der Waals surface area contributed by atoms with Gasteiger partial charge in [0, 0.05) is 16.7 Å². The van der Waals surface area contributed by atoms with Gasteiger partial charge >= 0.3 is 6.18 Å². The molecule has 0 aliphatic rings. The van der Waals surface area contributed by atoms with Crippen molar-refractivity contribution >= 4 is 0 Å². The van der Waals surface area contributed by atoms with Gasteiger partial charge in [0.05, 0.1) is 5.56 Å². The second-order valence-electron chi connectivity index (χ2n) is 7.07. The van der Waals surface area contributed by atoms with E-state index in [0.717, 1.165) is 30.5 Å². The SMILES string of the molecule is CCCc1ccc(C#Cc2cc(F)c(C#Cc3cc(F)c(C(F)(F)F)c(F)c3)c(F)c2)cc1. The molecule has 0 heterocycles. The van der Waals surface area contributed by atoms with Crippen LogP contribution in [0.1, 0.15) is 46.7 Å². The third-order valence-corrected chi connectivity index (χ3v) is 4.54. The van der Waals surface area contributed by atoms with Crippen molar-refractivity contribution in [1.82, 2.24) is 0 Å². The highest BCUT2D eigenvalue weighted by molar-refractivity contribution is 5.50. The third kappa shape index (κ3) is 5.96. The summed E-state index contributed by atoms with van der Waals surface area (Å²) in [5.41, 5.74) is -1.42. The minimum Gasteiger partial charge on any atom is -0.206 e. The molecule has 0 aliphatic heterocycles. The van der Waals surface area contributed by atoms with Crippen LogP contribution in [0.2, 0.25) is 0 Å². The largest absolute Gasteiger partial charge is 0.422 e. The maximum atomic E-state index is 14.3. The molecule has 0 fully saturated rings. The summed E-state index contributed by atoms with van der Waals surface area (Å²) in [6, 6.07) is 10.0. The van der Waals surface area contributed by atoms with Crippen molar-refractivity contribution in [2.45, 2.75) is 25.9 Å². The van der Waals surface area contributed by atoms with Gasteiger partial charge in [-0.3, -0.25) is 0 Å². The van der Waals surface area contributed by atoms with Crippen molar-refractivity contribution in [3.8, 4) is 23.7 Å². The van der Waals surface area contributed by atoms with E-state index in [4.69, 9.17) is 0 Å². The summed E-state index contributed by atoms with van der Waals surface area (Å²) in [5.74, 6) is 3.70. The molecule has 3 rings (SSSR count). The van der Waals surface area contributed by atoms with E-state index in [9.17, 15) is 30.7 Å². The van der Waals surface area contributed by atoms with E-state index < -0.39 is 46.1 Å². The molecule has 168 valence electrons. The van der Waals surface area contributed by atoms with E-state index in [1.165, 1.54) is 0 Å². The lowest BCUT2D eigenvalue weighted by atomic mass is 10.1. The summed E-state index contributed by atoms with van der Waals surface area (Å²) >= 11 is 0. The van der Waals surface area contributed by atoms with Crippen LogP contribution in [-0.4, -0.2) is 0 Å². The smallest absolute Gasteiger partial charge is 0.206 e. The van der Waals surface area contributed by atoms with Gasteiger partial charge in [0.25, 0.3) is 0 Å². The van der Waals surface area contributed by atoms with Gasteiger partial charge in [-0.05, 0) is 48.4 Å². The van der Waals surface area contributed by atoms with Gasteiger partial charge in [-0.1, -0.05) is 49.2 Å². The van der Waals surface area contributed by atoms with Gasteiger partial charge in [-0.25, -0.2) is 17.6 Å². The molecule has 0 spiro atoms. The zero-order valence-electron chi connectivity index (χ0n) is 17.2. The molecule has 0 aliphatic carbocycles. The molecule has 0 bridgehead atoms. The van der Waals surface area contributed by atoms with Crippen molar-refractivity contribution in [1.29, 1.82) is 0 Å². The van der Waals surface area contributed by atoms with Gasteiger partial charge in [-0.15, -0.1) is 0 Å². The molecule has 0 radical (unpaired) electrons. The monoisotopic (exact) mass is 460 g/mol. The molecule has 3 aromatic rings. The van der Waals surface area contributed by atoms with Crippen LogP contribution in [0.4, 0.5) is 30.7 Å². The summed E-state index contributed by atoms with van der Waals surface area (Å²) < 4.78 is 93.9. The van der Waals surface area contributed by atoms with Gasteiger partial charge in [-0.2, -0.15) is 13.2 Å². The topological polar surface area (TPSA) is 0 Å². The zero-order chi connectivity index (χ0) is 24.2. The highest BCUT2D eigenvalue weighted by Gasteiger charge is 2.37. The average molecular weight is 460 g/mol. The first-order valence-electron chi connectivity index (χ1n) is 9.76. The number of rotatable bonds is 2. The first-order valence-corrected chi connectivity index (χ1v) is 9.76. The Labute approximate surface area is 186 Å². The first-order chi connectivity index (χ1) is 15.6. The highest BCUT2D eigenvalue weighted by atomic mass is 19.4. The molecular formula is C26H15F7. The Bertz CT molecular complexity index is 1250. The number of benzene rings is 3. The summed E-state index contributed by atoms with van der Waals surface area (Å²) in [7, 11) is 0. The van der Waals surface area contributed by atoms with Crippen LogP contribution in [0.15, 0.2) is 48.5 Å². The van der Waals surface area contributed by atoms with E-state index in [0.29, 0.717) is 17.7 Å². The molecule has 0 N–H and O–H groups in total. The van der Waals surface area contributed by atoms with Crippen LogP contribution in [0.5, 0.6) is 0 Å². The number of hydrogen-bond acceptors (Lipinski definition) is 0. The summed E-state index contributed by atoms with van der Waals surface area (Å²) in [6.07, 6.45) is -3.30. The Hall–Kier alpha value is -3.71. The fourth-order valence-electron chi connectivity index (χ4n) is 3.00. The first kappa shape index (κ1) is 23.9. The molecule has 7 heteroatoms. The lowest BCUT2D eigenvalue weighted by Gasteiger charge is -2.09. The third-order valence-electron chi connectivity index (χ3n) is 4.54. The lowest BCUT2D eigenvalue weighted by molar-refractivity contribution is -0.142. The number of aryl methyl sites for hydroxylation is 1. The normalized spacial score (nSPS) is 10.8. The van der Waals surface area contributed by atoms with Crippen molar-refractivity contribution < 1.29 is 30.7 Å². The van der Waals surface area contributed by atoms with E-state index in [-0.39, 0.29) is 5.56 Å². The Morgan fingerprint density at radius 3 is 1.58 bits per heavy atom. The Kier molecular flexibility index (Phi) is 7.13. The van der Waals surface area contributed by atoms with Gasteiger partial charge in [0.15, 0.2) is 0 Å². The maximum Gasteiger partial charge on any atom is 0.422 e. The highest BCUT2D eigenvalue weighted by Crippen LogP contribution is 2.33. The van der Waals surface area contributed by atoms with Crippen LogP contribution in [-0.2, 0) is 12.6 Å². The van der Waals surface area contributed by atoms with E-state index >= 15 is 0 Å². The predicted molar refractivity (Wildman–Crippen MR) is 110 cm³/mol. The molecule has 0 unspecified atom stereocenters. The Balaban J connectivity index is 1.86. The molecule has 0 atom stereocenters. The van der Waals surface area contributed by atoms with E-state index in [1.807, 2.05) is 12.1 Å². The van der Waals surface area contributed by atoms with Gasteiger partial charge in [0.1, 0.15) is 28.8 Å². The van der Waals surface area contributed by atoms with Crippen LogP contribution in [0, 0.1) is 47.0 Å². The predicted octanol–water partition coefficient (Wildman–Crippen LogP) is 7.01. The van der Waals surface area contributed by atoms with Crippen molar-refractivity contribution in [2.24, 2.45) is 0 Å². The summed E-state index contributed by atoms with van der Waals surface area (Å²) in [6.45, 7) is 2.06. The average Bonchev–Trinajstić information content (AvgIpc) is 2.71. The number of hydrogen-bond donors (Lipinski definition) is 0. The van der Waals surface area contributed by atoms with Crippen molar-refractivity contribution in [3.05, 3.63) is 105 Å². The van der Waals surface area contributed by atoms with Crippen LogP contribution < -0.4 is 0 Å². The molecule has 33 heavy (non-hydrogen) atoms. The Morgan fingerprint density at radius 1 is 0.636 bits per heavy atom. The number of halogens is 7. The molecule has 0 saturated carbocycles. The van der Waals surface area contributed by atoms with Crippen molar-refractivity contribution in [2.75, 3.05) is 0 Å². The maximum absolute atomic E-state index is 14.3. The van der Waals surface area contributed by atoms with Gasteiger partial charge in [0.2, 0.25) is 0 Å². The molecular weight excluding hydrogens is 445 g/mol. The fourth-order valence-corrected chi connectivity index (χ4v) is 3.00. The minimum atomic E-state index is -5.23. The van der Waals surface area contributed by atoms with E-state index in [1.54, 1.807) is 12.1 Å². The standard InChI is InChI=1S/C26H15F7/c1-2-3-16-4-6-17(7-5-16)8-9-18-12-21(27)20(22(28)13-18)11-10-19-14-23(29)25(24(30)15-19)26(31,32)33/h4-7,12-15H,2-3H2,1H3. The molecule has 0 aromatic heterocycles. The molecule has 3 aromatic carbocycles. The quantitative estimate of drug-likeness (QED) is 0.285. The van der Waals surface area contributed by atoms with Gasteiger partial charge < -0.3 is 0 Å². The van der Waals surface area contributed by atoms with Crippen LogP contribution in [0.25, 0.3) is 0 Å². The Morgan fingerprint density at radius 2 is 1.09 bits per heavy atom. The zero-order valence-corrected chi connectivity index (χ0v) is 17.2. The molecule has 0 saturated heterocycles. The van der Waals surface area contributed by atoms with Crippen LogP contribution >= 0.6 is 0 Å². The van der Waals surface area contributed by atoms with Crippen LogP contribution in [0.3, 0.4) is 0 Å². The summed E-state index contributed by atoms with van der Waals surface area (Å²) in [5, 5.41) is 0. The fraction of sp³-hybridized carbons (Fsp3) is 0.154. The number of alkyl halides is 3. The lowest BCUT2D eigenvalue weighted by Crippen LogP contribution is -2.11. The molecule has 0 amide bonds. The minimum absolute atomic E-state index is 0.0415. The van der Waals surface area contributed by atoms with E-state index in [2.05, 4.69) is 30.6 Å². The second kappa shape index (κ2) is 9.83. The summed E-state index contributed by atoms with van der Waals surface area (Å²) in [4.78, 5) is 0. The molecule has 0 nitrogen and oxygen atoms in total. The second-order valence-corrected chi connectivity index (χ2v) is 7.07.